The van der Waals surface area contributed by atoms with E-state index in [1.165, 1.54) is 12.1 Å². The molecular weight excluding hydrogens is 534 g/mol. The second-order valence-electron chi connectivity index (χ2n) is 6.00. The summed E-state index contributed by atoms with van der Waals surface area (Å²) < 4.78 is 43.0. The van der Waals surface area contributed by atoms with Gasteiger partial charge in [0, 0.05) is 24.2 Å². The molecule has 3 rings (SSSR count). The van der Waals surface area contributed by atoms with Gasteiger partial charge in [0.15, 0.2) is 5.96 Å². The van der Waals surface area contributed by atoms with Crippen LogP contribution >= 0.6 is 35.6 Å². The first-order valence-electron chi connectivity index (χ1n) is 8.54. The Morgan fingerprint density at radius 3 is 2.43 bits per heavy atom. The topological polar surface area (TPSA) is 75.3 Å². The van der Waals surface area contributed by atoms with Crippen LogP contribution in [-0.4, -0.2) is 23.1 Å². The molecule has 1 heterocycles. The summed E-state index contributed by atoms with van der Waals surface area (Å²) in [7, 11) is 1.58. The molecule has 3 aromatic rings. The highest BCUT2D eigenvalue weighted by Crippen LogP contribution is 2.29. The van der Waals surface area contributed by atoms with E-state index in [0.29, 0.717) is 34.8 Å². The molecule has 0 aliphatic carbocycles. The van der Waals surface area contributed by atoms with Crippen LogP contribution in [0.4, 0.5) is 13.2 Å². The number of nitrogens with one attached hydrogen (secondary N) is 2. The average Bonchev–Trinajstić information content (AvgIpc) is 3.17. The summed E-state index contributed by atoms with van der Waals surface area (Å²) >= 11 is 5.96. The van der Waals surface area contributed by atoms with E-state index in [-0.39, 0.29) is 30.5 Å². The van der Waals surface area contributed by atoms with Gasteiger partial charge in [-0.25, -0.2) is 0 Å². The molecule has 160 valence electrons. The summed E-state index contributed by atoms with van der Waals surface area (Å²) in [6, 6.07) is 12.0. The van der Waals surface area contributed by atoms with Crippen molar-refractivity contribution in [3.05, 3.63) is 70.6 Å². The second-order valence-corrected chi connectivity index (χ2v) is 6.43. The van der Waals surface area contributed by atoms with Crippen LogP contribution in [0.5, 0.6) is 0 Å². The molecule has 0 aliphatic heterocycles. The monoisotopic (exact) mass is 551 g/mol. The predicted molar refractivity (Wildman–Crippen MR) is 119 cm³/mol. The molecule has 11 heteroatoms. The Kier molecular flexibility index (Phi) is 8.47. The third-order valence-corrected chi connectivity index (χ3v) is 4.16. The number of aromatic nitrogens is 2. The van der Waals surface area contributed by atoms with Crippen molar-refractivity contribution in [2.45, 2.75) is 19.3 Å². The van der Waals surface area contributed by atoms with E-state index >= 15 is 0 Å². The number of halogens is 5. The molecule has 0 unspecified atom stereocenters. The number of benzene rings is 2. The SMILES string of the molecule is CN=C(NCc1ccc(C(F)(F)F)cc1)NCc1nc(-c2cccc(Cl)c2)no1.I. The van der Waals surface area contributed by atoms with Crippen molar-refractivity contribution in [2.75, 3.05) is 7.05 Å². The minimum absolute atomic E-state index is 0. The van der Waals surface area contributed by atoms with E-state index in [4.69, 9.17) is 16.1 Å². The van der Waals surface area contributed by atoms with Crippen molar-refractivity contribution >= 4 is 41.5 Å². The van der Waals surface area contributed by atoms with Gasteiger partial charge < -0.3 is 15.2 Å². The van der Waals surface area contributed by atoms with Gasteiger partial charge in [-0.2, -0.15) is 18.2 Å². The Hall–Kier alpha value is -2.34. The molecule has 0 bridgehead atoms. The fourth-order valence-electron chi connectivity index (χ4n) is 2.45. The van der Waals surface area contributed by atoms with Crippen molar-refractivity contribution < 1.29 is 17.7 Å². The van der Waals surface area contributed by atoms with E-state index in [9.17, 15) is 13.2 Å². The highest BCUT2D eigenvalue weighted by atomic mass is 127. The lowest BCUT2D eigenvalue weighted by atomic mass is 10.1. The van der Waals surface area contributed by atoms with Crippen LogP contribution < -0.4 is 10.6 Å². The van der Waals surface area contributed by atoms with Crippen molar-refractivity contribution in [1.82, 2.24) is 20.8 Å². The highest BCUT2D eigenvalue weighted by Gasteiger charge is 2.29. The lowest BCUT2D eigenvalue weighted by Gasteiger charge is -2.11. The lowest BCUT2D eigenvalue weighted by Crippen LogP contribution is -2.36. The zero-order valence-corrected chi connectivity index (χ0v) is 18.8. The molecule has 1 aromatic heterocycles. The quantitative estimate of drug-likeness (QED) is 0.268. The van der Waals surface area contributed by atoms with E-state index in [1.54, 1.807) is 25.2 Å². The summed E-state index contributed by atoms with van der Waals surface area (Å²) in [5.74, 6) is 1.20. The molecule has 0 atom stereocenters. The minimum Gasteiger partial charge on any atom is -0.352 e. The van der Waals surface area contributed by atoms with Crippen molar-refractivity contribution in [3.63, 3.8) is 0 Å². The van der Waals surface area contributed by atoms with Gasteiger partial charge in [-0.1, -0.05) is 41.0 Å². The maximum atomic E-state index is 12.6. The Bertz CT molecular complexity index is 992. The largest absolute Gasteiger partial charge is 0.416 e. The minimum atomic E-state index is -4.35. The van der Waals surface area contributed by atoms with Gasteiger partial charge >= 0.3 is 6.18 Å². The smallest absolute Gasteiger partial charge is 0.352 e. The Morgan fingerprint density at radius 1 is 1.10 bits per heavy atom. The Balaban J connectivity index is 0.00000320. The molecule has 2 N–H and O–H groups in total. The molecule has 0 spiro atoms. The predicted octanol–water partition coefficient (Wildman–Crippen LogP) is 4.89. The average molecular weight is 552 g/mol. The molecule has 6 nitrogen and oxygen atoms in total. The first kappa shape index (κ1) is 23.9. The van der Waals surface area contributed by atoms with Gasteiger partial charge in [-0.05, 0) is 29.8 Å². The van der Waals surface area contributed by atoms with Crippen LogP contribution in [0.1, 0.15) is 17.0 Å². The van der Waals surface area contributed by atoms with E-state index in [0.717, 1.165) is 17.7 Å². The van der Waals surface area contributed by atoms with Gasteiger partial charge in [0.2, 0.25) is 11.7 Å². The Labute approximate surface area is 192 Å². The third kappa shape index (κ3) is 6.59. The molecular formula is C19H18ClF3IN5O. The first-order valence-corrected chi connectivity index (χ1v) is 8.92. The Morgan fingerprint density at radius 2 is 1.80 bits per heavy atom. The summed E-state index contributed by atoms with van der Waals surface area (Å²) in [6.45, 7) is 0.523. The lowest BCUT2D eigenvalue weighted by molar-refractivity contribution is -0.137. The van der Waals surface area contributed by atoms with E-state index in [1.807, 2.05) is 6.07 Å². The van der Waals surface area contributed by atoms with Crippen LogP contribution in [0.2, 0.25) is 5.02 Å². The number of guanidine groups is 1. The summed E-state index contributed by atoms with van der Waals surface area (Å²) in [6.07, 6.45) is -4.35. The van der Waals surface area contributed by atoms with Gasteiger partial charge in [-0.15, -0.1) is 24.0 Å². The zero-order valence-electron chi connectivity index (χ0n) is 15.7. The van der Waals surface area contributed by atoms with Crippen LogP contribution in [0, 0.1) is 0 Å². The highest BCUT2D eigenvalue weighted by molar-refractivity contribution is 14.0. The van der Waals surface area contributed by atoms with Gasteiger partial charge in [0.1, 0.15) is 0 Å². The molecule has 0 radical (unpaired) electrons. The zero-order chi connectivity index (χ0) is 20.9. The number of nitrogens with zero attached hydrogens (tertiary/aromatic N) is 3. The normalized spacial score (nSPS) is 11.7. The van der Waals surface area contributed by atoms with Gasteiger partial charge in [0.05, 0.1) is 12.1 Å². The van der Waals surface area contributed by atoms with Crippen LogP contribution in [0.25, 0.3) is 11.4 Å². The summed E-state index contributed by atoms with van der Waals surface area (Å²) in [4.78, 5) is 8.35. The van der Waals surface area contributed by atoms with Crippen molar-refractivity contribution in [2.24, 2.45) is 4.99 Å². The van der Waals surface area contributed by atoms with Crippen LogP contribution in [0.3, 0.4) is 0 Å². The molecule has 2 aromatic carbocycles. The van der Waals surface area contributed by atoms with Gasteiger partial charge in [-0.3, -0.25) is 4.99 Å². The molecule has 0 amide bonds. The molecule has 0 saturated heterocycles. The number of hydrogen-bond acceptors (Lipinski definition) is 4. The van der Waals surface area contributed by atoms with Crippen LogP contribution in [0.15, 0.2) is 58.0 Å². The number of rotatable bonds is 5. The van der Waals surface area contributed by atoms with E-state index in [2.05, 4.69) is 25.8 Å². The first-order chi connectivity index (χ1) is 13.8. The summed E-state index contributed by atoms with van der Waals surface area (Å²) in [5.41, 5.74) is 0.731. The number of hydrogen-bond donors (Lipinski definition) is 2. The molecule has 0 fully saturated rings. The van der Waals surface area contributed by atoms with Gasteiger partial charge in [0.25, 0.3) is 0 Å². The fraction of sp³-hybridized carbons (Fsp3) is 0.211. The standard InChI is InChI=1S/C19H17ClF3N5O.HI/c1-24-18(25-10-12-5-7-14(8-6-12)19(21,22)23)26-11-16-27-17(28-29-16)13-3-2-4-15(20)9-13;/h2-9H,10-11H2,1H3,(H2,24,25,26);1H. The molecule has 30 heavy (non-hydrogen) atoms. The maximum absolute atomic E-state index is 12.6. The third-order valence-electron chi connectivity index (χ3n) is 3.92. The maximum Gasteiger partial charge on any atom is 0.416 e. The number of alkyl halides is 3. The second kappa shape index (κ2) is 10.6. The fourth-order valence-corrected chi connectivity index (χ4v) is 2.64. The summed E-state index contributed by atoms with van der Waals surface area (Å²) in [5, 5.41) is 10.5. The van der Waals surface area contributed by atoms with Crippen molar-refractivity contribution in [3.8, 4) is 11.4 Å². The molecule has 0 aliphatic rings. The molecule has 0 saturated carbocycles. The number of aliphatic imine (C=N–C) groups is 1. The van der Waals surface area contributed by atoms with Crippen molar-refractivity contribution in [1.29, 1.82) is 0 Å². The van der Waals surface area contributed by atoms with Crippen LogP contribution in [-0.2, 0) is 19.3 Å². The van der Waals surface area contributed by atoms with E-state index < -0.39 is 11.7 Å².